The van der Waals surface area contributed by atoms with E-state index >= 15 is 0 Å². The monoisotopic (exact) mass is 255 g/mol. The number of hydrogen-bond acceptors (Lipinski definition) is 3. The molecule has 4 heteroatoms. The lowest BCUT2D eigenvalue weighted by atomic mass is 10.2. The topological polar surface area (TPSA) is 35.4 Å². The first-order chi connectivity index (χ1) is 7.45. The van der Waals surface area contributed by atoms with Gasteiger partial charge in [-0.05, 0) is 33.1 Å². The molecule has 1 rings (SSSR count). The first-order valence-electron chi connectivity index (χ1n) is 5.04. The molecule has 1 unspecified atom stereocenters. The molecule has 88 valence electrons. The van der Waals surface area contributed by atoms with Crippen LogP contribution in [0.15, 0.2) is 33.6 Å². The van der Waals surface area contributed by atoms with Crippen molar-refractivity contribution in [2.24, 2.45) is 4.40 Å². The van der Waals surface area contributed by atoms with Gasteiger partial charge in [0.1, 0.15) is 16.1 Å². The van der Waals surface area contributed by atoms with Gasteiger partial charge in [-0.3, -0.25) is 0 Å². The third kappa shape index (κ3) is 3.85. The second-order valence-electron chi connectivity index (χ2n) is 4.34. The van der Waals surface area contributed by atoms with Crippen molar-refractivity contribution in [1.29, 1.82) is 0 Å². The molecule has 0 bridgehead atoms. The van der Waals surface area contributed by atoms with Gasteiger partial charge in [0, 0.05) is 10.5 Å². The van der Waals surface area contributed by atoms with Gasteiger partial charge in [0.25, 0.3) is 0 Å². The summed E-state index contributed by atoms with van der Waals surface area (Å²) in [4.78, 5) is 1.15. The summed E-state index contributed by atoms with van der Waals surface area (Å²) >= 11 is 0.476. The molecular weight excluding hydrogens is 238 g/mol. The van der Waals surface area contributed by atoms with E-state index in [1.165, 1.54) is 0 Å². The Hall–Kier alpha value is -0.450. The third-order valence-corrected chi connectivity index (χ3v) is 4.11. The van der Waals surface area contributed by atoms with E-state index in [0.717, 1.165) is 10.5 Å². The van der Waals surface area contributed by atoms with Crippen LogP contribution >= 0.6 is 11.8 Å². The number of thioether (sulfide) groups is 1. The Labute approximate surface area is 105 Å². The van der Waals surface area contributed by atoms with Crippen molar-refractivity contribution in [3.8, 4) is 0 Å². The molecule has 0 saturated heterocycles. The first kappa shape index (κ1) is 13.6. The van der Waals surface area contributed by atoms with Crippen molar-refractivity contribution in [2.75, 3.05) is 6.26 Å². The lowest BCUT2D eigenvalue weighted by molar-refractivity contribution is 0.562. The Kier molecular flexibility index (Phi) is 4.89. The second kappa shape index (κ2) is 5.75. The first-order valence-corrected chi connectivity index (χ1v) is 7.37. The molecule has 0 radical (unpaired) electrons. The molecule has 0 spiro atoms. The molecule has 16 heavy (non-hydrogen) atoms. The van der Waals surface area contributed by atoms with Gasteiger partial charge in [-0.1, -0.05) is 22.6 Å². The van der Waals surface area contributed by atoms with Gasteiger partial charge in [0.2, 0.25) is 0 Å². The van der Waals surface area contributed by atoms with E-state index < -0.39 is 11.4 Å². The van der Waals surface area contributed by atoms with Crippen molar-refractivity contribution in [3.05, 3.63) is 29.8 Å². The van der Waals surface area contributed by atoms with E-state index in [0.29, 0.717) is 0 Å². The fourth-order valence-electron chi connectivity index (χ4n) is 1.04. The molecule has 0 aromatic heterocycles. The van der Waals surface area contributed by atoms with E-state index in [1.807, 2.05) is 51.3 Å². The average molecular weight is 255 g/mol. The SMILES string of the molecule is CSc1ccccc1/C=N/[S+]([O-])C(C)(C)C. The summed E-state index contributed by atoms with van der Waals surface area (Å²) in [6.07, 6.45) is 3.72. The second-order valence-corrected chi connectivity index (χ2v) is 7.12. The fraction of sp³-hybridized carbons (Fsp3) is 0.417. The summed E-state index contributed by atoms with van der Waals surface area (Å²) in [5, 5.41) is 0. The molecule has 0 aliphatic rings. The number of rotatable bonds is 3. The highest BCUT2D eigenvalue weighted by atomic mass is 32.2. The smallest absolute Gasteiger partial charge is 0.144 e. The van der Waals surface area contributed by atoms with Crippen molar-refractivity contribution < 1.29 is 4.55 Å². The van der Waals surface area contributed by atoms with Crippen LogP contribution in [0.5, 0.6) is 0 Å². The molecule has 2 nitrogen and oxygen atoms in total. The van der Waals surface area contributed by atoms with Crippen molar-refractivity contribution >= 4 is 29.3 Å². The minimum atomic E-state index is -1.19. The minimum absolute atomic E-state index is 0.301. The molecule has 0 saturated carbocycles. The number of nitrogens with zero attached hydrogens (tertiary/aromatic N) is 1. The molecule has 0 fully saturated rings. The largest absolute Gasteiger partial charge is 0.591 e. The van der Waals surface area contributed by atoms with Crippen molar-refractivity contribution in [2.45, 2.75) is 30.4 Å². The zero-order valence-electron chi connectivity index (χ0n) is 10.1. The zero-order chi connectivity index (χ0) is 12.2. The average Bonchev–Trinajstić information content (AvgIpc) is 2.24. The predicted octanol–water partition coefficient (Wildman–Crippen LogP) is 3.29. The van der Waals surface area contributed by atoms with Crippen LogP contribution in [0.4, 0.5) is 0 Å². The Morgan fingerprint density at radius 2 is 1.94 bits per heavy atom. The summed E-state index contributed by atoms with van der Waals surface area (Å²) in [6, 6.07) is 7.96. The van der Waals surface area contributed by atoms with Gasteiger partial charge < -0.3 is 4.55 Å². The molecule has 0 aliphatic heterocycles. The number of hydrogen-bond donors (Lipinski definition) is 0. The van der Waals surface area contributed by atoms with Crippen LogP contribution in [0.2, 0.25) is 0 Å². The van der Waals surface area contributed by atoms with Crippen LogP contribution in [0, 0.1) is 0 Å². The lowest BCUT2D eigenvalue weighted by Gasteiger charge is -2.17. The standard InChI is InChI=1S/C12H17NOS2/c1-12(2,3)16(14)13-9-10-7-5-6-8-11(10)15-4/h5-9H,1-4H3/b13-9+. The summed E-state index contributed by atoms with van der Waals surface area (Å²) in [5.74, 6) is 0. The maximum Gasteiger partial charge on any atom is 0.144 e. The van der Waals surface area contributed by atoms with Crippen LogP contribution < -0.4 is 0 Å². The molecular formula is C12H17NOS2. The van der Waals surface area contributed by atoms with Crippen LogP contribution in [0.1, 0.15) is 26.3 Å². The summed E-state index contributed by atoms with van der Waals surface area (Å²) in [6.45, 7) is 5.75. The maximum absolute atomic E-state index is 11.7. The Morgan fingerprint density at radius 1 is 1.31 bits per heavy atom. The maximum atomic E-state index is 11.7. The van der Waals surface area contributed by atoms with Crippen molar-refractivity contribution in [1.82, 2.24) is 0 Å². The molecule has 1 atom stereocenters. The van der Waals surface area contributed by atoms with Gasteiger partial charge in [0.05, 0.1) is 6.21 Å². The third-order valence-electron chi connectivity index (χ3n) is 1.95. The van der Waals surface area contributed by atoms with Crippen LogP contribution in [-0.2, 0) is 11.4 Å². The van der Waals surface area contributed by atoms with E-state index in [2.05, 4.69) is 4.40 Å². The number of benzene rings is 1. The molecule has 1 aromatic rings. The van der Waals surface area contributed by atoms with Gasteiger partial charge in [-0.15, -0.1) is 11.8 Å². The van der Waals surface area contributed by atoms with E-state index in [4.69, 9.17) is 0 Å². The van der Waals surface area contributed by atoms with Gasteiger partial charge in [0.15, 0.2) is 0 Å². The summed E-state index contributed by atoms with van der Waals surface area (Å²) in [5.41, 5.74) is 1.02. The zero-order valence-corrected chi connectivity index (χ0v) is 11.7. The summed E-state index contributed by atoms with van der Waals surface area (Å²) < 4.78 is 15.6. The molecule has 0 heterocycles. The highest BCUT2D eigenvalue weighted by Gasteiger charge is 2.25. The van der Waals surface area contributed by atoms with E-state index in [-0.39, 0.29) is 4.75 Å². The molecule has 0 amide bonds. The normalized spacial score (nSPS) is 14.3. The van der Waals surface area contributed by atoms with E-state index in [9.17, 15) is 4.55 Å². The van der Waals surface area contributed by atoms with Gasteiger partial charge >= 0.3 is 0 Å². The molecule has 0 N–H and O–H groups in total. The van der Waals surface area contributed by atoms with Crippen LogP contribution in [0.25, 0.3) is 0 Å². The molecule has 0 aliphatic carbocycles. The highest BCUT2D eigenvalue weighted by molar-refractivity contribution is 7.98. The van der Waals surface area contributed by atoms with E-state index in [1.54, 1.807) is 18.0 Å². The lowest BCUT2D eigenvalue weighted by Crippen LogP contribution is -2.25. The minimum Gasteiger partial charge on any atom is -0.591 e. The predicted molar refractivity (Wildman–Crippen MR) is 73.7 cm³/mol. The highest BCUT2D eigenvalue weighted by Crippen LogP contribution is 2.20. The van der Waals surface area contributed by atoms with Crippen LogP contribution in [-0.4, -0.2) is 21.8 Å². The van der Waals surface area contributed by atoms with Crippen LogP contribution in [0.3, 0.4) is 0 Å². The quantitative estimate of drug-likeness (QED) is 0.472. The van der Waals surface area contributed by atoms with Gasteiger partial charge in [-0.2, -0.15) is 0 Å². The Bertz CT molecular complexity index is 372. The van der Waals surface area contributed by atoms with Crippen molar-refractivity contribution in [3.63, 3.8) is 0 Å². The molecule has 1 aromatic carbocycles. The Balaban J connectivity index is 2.84. The fourth-order valence-corrected chi connectivity index (χ4v) is 2.13. The Morgan fingerprint density at radius 3 is 2.50 bits per heavy atom. The van der Waals surface area contributed by atoms with Gasteiger partial charge in [-0.25, -0.2) is 0 Å². The summed E-state index contributed by atoms with van der Waals surface area (Å²) in [7, 11) is 0.